The maximum absolute atomic E-state index is 12.2. The third-order valence-corrected chi connectivity index (χ3v) is 9.30. The van der Waals surface area contributed by atoms with Crippen molar-refractivity contribution >= 4 is 113 Å². The summed E-state index contributed by atoms with van der Waals surface area (Å²) in [4.78, 5) is 16.9. The van der Waals surface area contributed by atoms with E-state index in [9.17, 15) is 50.5 Å². The zero-order valence-electron chi connectivity index (χ0n) is 20.8. The van der Waals surface area contributed by atoms with Gasteiger partial charge >= 0.3 is 7.60 Å². The van der Waals surface area contributed by atoms with Gasteiger partial charge in [-0.3, -0.25) is 13.7 Å². The van der Waals surface area contributed by atoms with Crippen LogP contribution in [0, 0.1) is 0 Å². The van der Waals surface area contributed by atoms with Crippen molar-refractivity contribution in [3.8, 4) is 11.5 Å². The molecule has 22 heteroatoms. The van der Waals surface area contributed by atoms with Crippen molar-refractivity contribution < 1.29 is 50.5 Å². The van der Waals surface area contributed by atoms with Gasteiger partial charge in [0.05, 0.1) is 20.7 Å². The van der Waals surface area contributed by atoms with Crippen molar-refractivity contribution in [1.82, 2.24) is 0 Å². The molecule has 0 saturated heterocycles. The van der Waals surface area contributed by atoms with Crippen LogP contribution in [0.3, 0.4) is 0 Å². The highest BCUT2D eigenvalue weighted by Gasteiger charge is 2.29. The Kier molecular flexibility index (Phi) is 9.34. The Morgan fingerprint density at radius 1 is 0.636 bits per heavy atom. The van der Waals surface area contributed by atoms with E-state index in [4.69, 9.17) is 46.4 Å². The third kappa shape index (κ3) is 6.98. The van der Waals surface area contributed by atoms with Gasteiger partial charge < -0.3 is 20.0 Å². The molecule has 0 fully saturated rings. The van der Waals surface area contributed by atoms with E-state index in [-0.39, 0.29) is 25.8 Å². The third-order valence-electron chi connectivity index (χ3n) is 5.55. The summed E-state index contributed by atoms with van der Waals surface area (Å²) in [5, 5.41) is 34.2. The first-order valence-electron chi connectivity index (χ1n) is 11.0. The molecule has 0 aromatic heterocycles. The Morgan fingerprint density at radius 2 is 1.09 bits per heavy atom. The van der Waals surface area contributed by atoms with Crippen LogP contribution in [-0.2, 0) is 24.8 Å². The van der Waals surface area contributed by atoms with Gasteiger partial charge in [-0.2, -0.15) is 16.8 Å². The fourth-order valence-corrected chi connectivity index (χ4v) is 6.88. The van der Waals surface area contributed by atoms with Crippen LogP contribution in [0.25, 0.3) is 10.8 Å². The van der Waals surface area contributed by atoms with Crippen molar-refractivity contribution in [1.29, 1.82) is 0 Å². The lowest BCUT2D eigenvalue weighted by Crippen LogP contribution is -2.04. The topological polar surface area (TPSA) is 256 Å². The highest BCUT2D eigenvalue weighted by molar-refractivity contribution is 7.86. The summed E-state index contributed by atoms with van der Waals surface area (Å²) < 4.78 is 80.4. The number of aromatic hydroxyl groups is 2. The molecule has 0 radical (unpaired) electrons. The molecule has 6 N–H and O–H groups in total. The first-order chi connectivity index (χ1) is 20.2. The van der Waals surface area contributed by atoms with E-state index < -0.39 is 82.3 Å². The number of phenolic OH excluding ortho intramolecular Hbond substituents is 2. The van der Waals surface area contributed by atoms with Gasteiger partial charge in [0, 0.05) is 10.0 Å². The van der Waals surface area contributed by atoms with E-state index in [1.54, 1.807) is 0 Å². The lowest BCUT2D eigenvalue weighted by molar-refractivity contribution is 0.387. The summed E-state index contributed by atoms with van der Waals surface area (Å²) >= 11 is 23.7. The fourth-order valence-electron chi connectivity index (χ4n) is 3.70. The first kappa shape index (κ1) is 34.0. The van der Waals surface area contributed by atoms with Crippen LogP contribution < -0.4 is 5.30 Å². The van der Waals surface area contributed by atoms with Crippen LogP contribution in [0.4, 0.5) is 22.7 Å². The summed E-state index contributed by atoms with van der Waals surface area (Å²) in [7, 11) is -15.5. The number of hydrogen-bond donors (Lipinski definition) is 6. The molecule has 44 heavy (non-hydrogen) atoms. The predicted molar refractivity (Wildman–Crippen MR) is 160 cm³/mol. The van der Waals surface area contributed by atoms with Crippen LogP contribution in [0.1, 0.15) is 0 Å². The fraction of sp³-hybridized carbons (Fsp3) is 0. The van der Waals surface area contributed by atoms with Crippen molar-refractivity contribution in [2.24, 2.45) is 20.5 Å². The zero-order valence-corrected chi connectivity index (χ0v) is 26.4. The van der Waals surface area contributed by atoms with Gasteiger partial charge in [0.25, 0.3) is 20.2 Å². The molecule has 0 unspecified atom stereocenters. The molecule has 0 amide bonds. The van der Waals surface area contributed by atoms with Gasteiger partial charge in [0.2, 0.25) is 0 Å². The van der Waals surface area contributed by atoms with Gasteiger partial charge in [-0.15, -0.1) is 20.5 Å². The number of benzene rings is 4. The summed E-state index contributed by atoms with van der Waals surface area (Å²) in [6.07, 6.45) is 0. The minimum atomic E-state index is -5.29. The molecule has 0 aliphatic carbocycles. The average Bonchev–Trinajstić information content (AvgIpc) is 2.86. The monoisotopic (exact) mass is 744 g/mol. The Hall–Kier alpha value is -2.93. The highest BCUT2D eigenvalue weighted by atomic mass is 35.5. The molecular formula is C22H13Cl4N4O11PS2. The van der Waals surface area contributed by atoms with Gasteiger partial charge in [0.1, 0.15) is 32.5 Å². The van der Waals surface area contributed by atoms with E-state index in [2.05, 4.69) is 20.5 Å². The van der Waals surface area contributed by atoms with Gasteiger partial charge in [-0.25, -0.2) is 0 Å². The Labute approximate surface area is 266 Å². The number of azo groups is 2. The largest absolute Gasteiger partial charge is 0.505 e. The van der Waals surface area contributed by atoms with Crippen LogP contribution in [0.2, 0.25) is 20.1 Å². The first-order valence-corrected chi connectivity index (χ1v) is 17.0. The van der Waals surface area contributed by atoms with Crippen molar-refractivity contribution in [3.63, 3.8) is 0 Å². The summed E-state index contributed by atoms with van der Waals surface area (Å²) in [5.74, 6) is -2.43. The molecule has 0 bridgehead atoms. The predicted octanol–water partition coefficient (Wildman–Crippen LogP) is 6.99. The van der Waals surface area contributed by atoms with E-state index in [1.165, 1.54) is 12.1 Å². The minimum Gasteiger partial charge on any atom is -0.505 e. The Morgan fingerprint density at radius 3 is 1.55 bits per heavy atom. The second kappa shape index (κ2) is 12.1. The van der Waals surface area contributed by atoms with Crippen LogP contribution >= 0.6 is 54.0 Å². The number of nitrogens with zero attached hydrogens (tertiary/aromatic N) is 4. The summed E-state index contributed by atoms with van der Waals surface area (Å²) in [6.45, 7) is 0. The van der Waals surface area contributed by atoms with E-state index in [1.807, 2.05) is 0 Å². The minimum absolute atomic E-state index is 0.100. The highest BCUT2D eigenvalue weighted by Crippen LogP contribution is 2.50. The Balaban J connectivity index is 2.06. The lowest BCUT2D eigenvalue weighted by Gasteiger charge is -2.13. The molecule has 0 aliphatic heterocycles. The SMILES string of the molecule is O=P(O)(O)c1cc(Cl)ccc1N=Nc1c(S(=O)(=O)O)cc2cc(S(=O)(=O)O)c(N=Nc3c(Cl)cc(Cl)cc3Cl)c(O)c2c1O. The van der Waals surface area contributed by atoms with Gasteiger partial charge in [-0.05, 0) is 47.9 Å². The molecule has 15 nitrogen and oxygen atoms in total. The number of rotatable bonds is 7. The van der Waals surface area contributed by atoms with Crippen molar-refractivity contribution in [3.05, 3.63) is 62.6 Å². The molecule has 0 spiro atoms. The van der Waals surface area contributed by atoms with Gasteiger partial charge in [-0.1, -0.05) is 46.4 Å². The van der Waals surface area contributed by atoms with E-state index in [0.717, 1.165) is 18.2 Å². The second-order valence-electron chi connectivity index (χ2n) is 8.49. The van der Waals surface area contributed by atoms with Gasteiger partial charge in [0.15, 0.2) is 11.5 Å². The summed E-state index contributed by atoms with van der Waals surface area (Å²) in [5.41, 5.74) is -2.82. The van der Waals surface area contributed by atoms with Crippen LogP contribution in [-0.4, -0.2) is 45.9 Å². The normalized spacial score (nSPS) is 13.0. The van der Waals surface area contributed by atoms with Crippen LogP contribution in [0.5, 0.6) is 11.5 Å². The van der Waals surface area contributed by atoms with Crippen LogP contribution in [0.15, 0.2) is 72.7 Å². The number of phenols is 2. The van der Waals surface area contributed by atoms with E-state index >= 15 is 0 Å². The Bertz CT molecular complexity index is 2190. The number of halogens is 4. The number of hydrogen-bond acceptors (Lipinski definition) is 11. The maximum Gasteiger partial charge on any atom is 0.358 e. The molecule has 4 aromatic carbocycles. The molecule has 0 atom stereocenters. The number of fused-ring (bicyclic) bond motifs is 1. The quantitative estimate of drug-likeness (QED) is 0.0638. The molecule has 4 aromatic rings. The van der Waals surface area contributed by atoms with Crippen molar-refractivity contribution in [2.75, 3.05) is 0 Å². The zero-order chi connectivity index (χ0) is 32.9. The molecule has 0 heterocycles. The smallest absolute Gasteiger partial charge is 0.358 e. The molecule has 0 aliphatic rings. The average molecular weight is 746 g/mol. The standard InChI is InChI=1S/C22H13Cl4N4O11PS2/c23-9-1-2-13(14(7-9)42(33,34)35)27-29-19-15(43(36,37)38)3-8-4-16(44(39,40)41)20(22(32)17(8)21(19)31)30-28-18-11(25)5-10(24)6-12(18)26/h1-7,31-32H,(H2,33,34,35)(H,36,37,38)(H,39,40,41). The molecular weight excluding hydrogens is 733 g/mol. The van der Waals surface area contributed by atoms with Crippen molar-refractivity contribution in [2.45, 2.75) is 9.79 Å². The second-order valence-corrected chi connectivity index (χ2v) is 14.5. The molecule has 232 valence electrons. The lowest BCUT2D eigenvalue weighted by atomic mass is 10.1. The maximum atomic E-state index is 12.2. The van der Waals surface area contributed by atoms with E-state index in [0.29, 0.717) is 12.1 Å². The molecule has 4 rings (SSSR count). The molecule has 0 saturated carbocycles. The summed E-state index contributed by atoms with van der Waals surface area (Å²) in [6, 6.07) is 6.61.